The zero-order chi connectivity index (χ0) is 12.2. The van der Waals surface area contributed by atoms with Crippen LogP contribution in [-0.4, -0.2) is 20.7 Å². The highest BCUT2D eigenvalue weighted by Gasteiger charge is 2.12. The van der Waals surface area contributed by atoms with E-state index in [1.165, 1.54) is 37.3 Å². The Bertz CT molecular complexity index is 488. The van der Waals surface area contributed by atoms with Crippen molar-refractivity contribution in [3.63, 3.8) is 0 Å². The second-order valence-electron chi connectivity index (χ2n) is 3.22. The molecule has 0 saturated carbocycles. The van der Waals surface area contributed by atoms with Crippen LogP contribution in [0.2, 0.25) is 0 Å². The van der Waals surface area contributed by atoms with E-state index >= 15 is 0 Å². The second kappa shape index (κ2) is 5.05. The van der Waals surface area contributed by atoms with E-state index in [0.29, 0.717) is 5.56 Å². The second-order valence-corrected chi connectivity index (χ2v) is 4.99. The molecule has 0 amide bonds. The lowest BCUT2D eigenvalue weighted by atomic mass is 10.2. The number of carbonyl (C=O) groups is 1. The summed E-state index contributed by atoms with van der Waals surface area (Å²) < 4.78 is 25.6. The number of Topliss-reactive ketones (excluding diaryl/α,β-unsaturated/α-hetero) is 1. The first kappa shape index (κ1) is 12.6. The fourth-order valence-corrected chi connectivity index (χ4v) is 2.12. The van der Waals surface area contributed by atoms with E-state index in [4.69, 9.17) is 0 Å². The molecule has 0 aromatic heterocycles. The Balaban J connectivity index is 2.97. The van der Waals surface area contributed by atoms with Crippen molar-refractivity contribution < 1.29 is 13.2 Å². The molecule has 4 nitrogen and oxygen atoms in total. The lowest BCUT2D eigenvalue weighted by Crippen LogP contribution is -2.23. The first-order valence-corrected chi connectivity index (χ1v) is 6.17. The third-order valence-corrected chi connectivity index (χ3v) is 3.43. The highest BCUT2D eigenvalue weighted by atomic mass is 32.2. The SMILES string of the molecule is C=CCNS(=O)(=O)c1ccc(C(C)=O)cc1. The molecule has 1 aromatic rings. The molecular formula is C11H13NO3S. The van der Waals surface area contributed by atoms with Crippen molar-refractivity contribution in [2.45, 2.75) is 11.8 Å². The molecule has 1 aromatic carbocycles. The summed E-state index contributed by atoms with van der Waals surface area (Å²) in [7, 11) is -3.50. The largest absolute Gasteiger partial charge is 0.295 e. The van der Waals surface area contributed by atoms with Crippen molar-refractivity contribution in [3.05, 3.63) is 42.5 Å². The van der Waals surface area contributed by atoms with Crippen LogP contribution in [0.5, 0.6) is 0 Å². The van der Waals surface area contributed by atoms with Gasteiger partial charge in [0.2, 0.25) is 10.0 Å². The van der Waals surface area contributed by atoms with Crippen molar-refractivity contribution in [3.8, 4) is 0 Å². The fraction of sp³-hybridized carbons (Fsp3) is 0.182. The minimum absolute atomic E-state index is 0.0944. The molecule has 5 heteroatoms. The molecular weight excluding hydrogens is 226 g/mol. The van der Waals surface area contributed by atoms with Gasteiger partial charge in [-0.25, -0.2) is 13.1 Å². The van der Waals surface area contributed by atoms with Crippen LogP contribution in [0.25, 0.3) is 0 Å². The van der Waals surface area contributed by atoms with Gasteiger partial charge < -0.3 is 0 Å². The maximum absolute atomic E-state index is 11.6. The molecule has 0 saturated heterocycles. The Morgan fingerprint density at radius 3 is 2.38 bits per heavy atom. The summed E-state index contributed by atoms with van der Waals surface area (Å²) in [6, 6.07) is 5.79. The van der Waals surface area contributed by atoms with Gasteiger partial charge in [-0.3, -0.25) is 4.79 Å². The van der Waals surface area contributed by atoms with Gasteiger partial charge in [-0.1, -0.05) is 18.2 Å². The molecule has 0 unspecified atom stereocenters. The molecule has 0 aliphatic carbocycles. The first-order chi connectivity index (χ1) is 7.47. The lowest BCUT2D eigenvalue weighted by Gasteiger charge is -2.04. The Labute approximate surface area is 95.0 Å². The predicted octanol–water partition coefficient (Wildman–Crippen LogP) is 1.35. The van der Waals surface area contributed by atoms with Crippen LogP contribution in [-0.2, 0) is 10.0 Å². The highest BCUT2D eigenvalue weighted by molar-refractivity contribution is 7.89. The molecule has 86 valence electrons. The van der Waals surface area contributed by atoms with E-state index in [-0.39, 0.29) is 17.2 Å². The number of ketones is 1. The topological polar surface area (TPSA) is 63.2 Å². The summed E-state index contributed by atoms with van der Waals surface area (Å²) in [5.41, 5.74) is 0.489. The van der Waals surface area contributed by atoms with Gasteiger partial charge in [-0.2, -0.15) is 0 Å². The summed E-state index contributed by atoms with van der Waals surface area (Å²) in [6.45, 7) is 5.03. The van der Waals surface area contributed by atoms with Crippen molar-refractivity contribution in [2.75, 3.05) is 6.54 Å². The first-order valence-electron chi connectivity index (χ1n) is 4.69. The van der Waals surface area contributed by atoms with Crippen LogP contribution in [0.4, 0.5) is 0 Å². The predicted molar refractivity (Wildman–Crippen MR) is 61.8 cm³/mol. The van der Waals surface area contributed by atoms with E-state index in [2.05, 4.69) is 11.3 Å². The molecule has 0 aliphatic heterocycles. The normalized spacial score (nSPS) is 11.1. The van der Waals surface area contributed by atoms with E-state index in [9.17, 15) is 13.2 Å². The Kier molecular flexibility index (Phi) is 3.98. The molecule has 0 spiro atoms. The van der Waals surface area contributed by atoms with Gasteiger partial charge in [0, 0.05) is 12.1 Å². The number of benzene rings is 1. The van der Waals surface area contributed by atoms with Crippen LogP contribution in [0, 0.1) is 0 Å². The van der Waals surface area contributed by atoms with Crippen molar-refractivity contribution >= 4 is 15.8 Å². The van der Waals surface area contributed by atoms with Gasteiger partial charge in [0.1, 0.15) is 0 Å². The van der Waals surface area contributed by atoms with Crippen LogP contribution >= 0.6 is 0 Å². The van der Waals surface area contributed by atoms with Gasteiger partial charge in [0.15, 0.2) is 5.78 Å². The smallest absolute Gasteiger partial charge is 0.240 e. The number of hydrogen-bond donors (Lipinski definition) is 1. The number of carbonyl (C=O) groups excluding carboxylic acids is 1. The van der Waals surface area contributed by atoms with Crippen LogP contribution in [0.15, 0.2) is 41.8 Å². The maximum Gasteiger partial charge on any atom is 0.240 e. The van der Waals surface area contributed by atoms with Gasteiger partial charge in [-0.05, 0) is 19.1 Å². The molecule has 1 N–H and O–H groups in total. The lowest BCUT2D eigenvalue weighted by molar-refractivity contribution is 0.101. The number of rotatable bonds is 5. The van der Waals surface area contributed by atoms with Gasteiger partial charge in [-0.15, -0.1) is 6.58 Å². The quantitative estimate of drug-likeness (QED) is 0.623. The fourth-order valence-electron chi connectivity index (χ4n) is 1.12. The summed E-state index contributed by atoms with van der Waals surface area (Å²) in [5.74, 6) is -0.0944. The molecule has 0 aliphatic rings. The van der Waals surface area contributed by atoms with Crippen molar-refractivity contribution in [2.24, 2.45) is 0 Å². The summed E-state index contributed by atoms with van der Waals surface area (Å²) in [5, 5.41) is 0. The third-order valence-electron chi connectivity index (χ3n) is 1.99. The zero-order valence-electron chi connectivity index (χ0n) is 8.93. The molecule has 0 heterocycles. The minimum Gasteiger partial charge on any atom is -0.295 e. The summed E-state index contributed by atoms with van der Waals surface area (Å²) in [6.07, 6.45) is 1.46. The summed E-state index contributed by atoms with van der Waals surface area (Å²) >= 11 is 0. The van der Waals surface area contributed by atoms with E-state index < -0.39 is 10.0 Å². The van der Waals surface area contributed by atoms with E-state index in [1.54, 1.807) is 0 Å². The van der Waals surface area contributed by atoms with Gasteiger partial charge in [0.05, 0.1) is 4.90 Å². The summed E-state index contributed by atoms with van der Waals surface area (Å²) in [4.78, 5) is 11.1. The number of nitrogens with one attached hydrogen (secondary N) is 1. The zero-order valence-corrected chi connectivity index (χ0v) is 9.75. The maximum atomic E-state index is 11.6. The number of sulfonamides is 1. The molecule has 0 bridgehead atoms. The average Bonchev–Trinajstić information content (AvgIpc) is 2.26. The number of hydrogen-bond acceptors (Lipinski definition) is 3. The molecule has 16 heavy (non-hydrogen) atoms. The minimum atomic E-state index is -3.50. The van der Waals surface area contributed by atoms with E-state index in [1.807, 2.05) is 0 Å². The Morgan fingerprint density at radius 1 is 1.38 bits per heavy atom. The highest BCUT2D eigenvalue weighted by Crippen LogP contribution is 2.10. The van der Waals surface area contributed by atoms with E-state index in [0.717, 1.165) is 0 Å². The average molecular weight is 239 g/mol. The molecule has 0 radical (unpaired) electrons. The molecule has 0 fully saturated rings. The molecule has 1 rings (SSSR count). The van der Waals surface area contributed by atoms with Crippen molar-refractivity contribution in [1.29, 1.82) is 0 Å². The van der Waals surface area contributed by atoms with Gasteiger partial charge in [0.25, 0.3) is 0 Å². The molecule has 0 atom stereocenters. The monoisotopic (exact) mass is 239 g/mol. The van der Waals surface area contributed by atoms with Crippen LogP contribution in [0.3, 0.4) is 0 Å². The third kappa shape index (κ3) is 3.01. The van der Waals surface area contributed by atoms with Crippen LogP contribution < -0.4 is 4.72 Å². The standard InChI is InChI=1S/C11H13NO3S/c1-3-8-12-16(14,15)11-6-4-10(5-7-11)9(2)13/h3-7,12H,1,8H2,2H3. The Morgan fingerprint density at radius 2 is 1.94 bits per heavy atom. The van der Waals surface area contributed by atoms with Gasteiger partial charge >= 0.3 is 0 Å². The Hall–Kier alpha value is -1.46. The van der Waals surface area contributed by atoms with Crippen LogP contribution in [0.1, 0.15) is 17.3 Å². The van der Waals surface area contributed by atoms with Crippen molar-refractivity contribution in [1.82, 2.24) is 4.72 Å².